The van der Waals surface area contributed by atoms with Gasteiger partial charge in [-0.1, -0.05) is 0 Å². The van der Waals surface area contributed by atoms with Crippen LogP contribution >= 0.6 is 0 Å². The number of hydrogen-bond acceptors (Lipinski definition) is 3. The fourth-order valence-corrected chi connectivity index (χ4v) is 1.48. The van der Waals surface area contributed by atoms with Crippen LogP contribution in [-0.4, -0.2) is 32.6 Å². The highest BCUT2D eigenvalue weighted by molar-refractivity contribution is 4.91. The Kier molecular flexibility index (Phi) is 3.50. The van der Waals surface area contributed by atoms with E-state index in [4.69, 9.17) is 9.47 Å². The summed E-state index contributed by atoms with van der Waals surface area (Å²) in [7, 11) is 3.33. The first-order valence-electron chi connectivity index (χ1n) is 4.51. The Morgan fingerprint density at radius 2 is 1.92 bits per heavy atom. The van der Waals surface area contributed by atoms with Crippen molar-refractivity contribution in [3.8, 4) is 0 Å². The van der Waals surface area contributed by atoms with E-state index < -0.39 is 0 Å². The Balaban J connectivity index is 2.14. The third kappa shape index (κ3) is 2.44. The molecule has 0 heterocycles. The molecule has 1 rings (SSSR count). The normalized spacial score (nSPS) is 21.0. The highest BCUT2D eigenvalue weighted by Gasteiger charge is 2.31. The number of rotatable bonds is 5. The summed E-state index contributed by atoms with van der Waals surface area (Å²) in [5.74, 6) is 0. The zero-order chi connectivity index (χ0) is 9.03. The Morgan fingerprint density at radius 3 is 2.25 bits per heavy atom. The SMILES string of the molecule is COC(CNC1(C)CCC1)OC. The summed E-state index contributed by atoms with van der Waals surface area (Å²) < 4.78 is 10.2. The molecule has 0 spiro atoms. The summed E-state index contributed by atoms with van der Waals surface area (Å²) in [6, 6.07) is 0. The fraction of sp³-hybridized carbons (Fsp3) is 1.00. The molecule has 0 radical (unpaired) electrons. The van der Waals surface area contributed by atoms with Gasteiger partial charge in [0.05, 0.1) is 0 Å². The van der Waals surface area contributed by atoms with Gasteiger partial charge < -0.3 is 14.8 Å². The molecule has 3 nitrogen and oxygen atoms in total. The van der Waals surface area contributed by atoms with E-state index in [-0.39, 0.29) is 6.29 Å². The van der Waals surface area contributed by atoms with E-state index >= 15 is 0 Å². The maximum atomic E-state index is 5.08. The number of ether oxygens (including phenoxy) is 2. The van der Waals surface area contributed by atoms with Gasteiger partial charge in [0.1, 0.15) is 0 Å². The highest BCUT2D eigenvalue weighted by atomic mass is 16.7. The molecule has 0 aromatic rings. The van der Waals surface area contributed by atoms with Crippen molar-refractivity contribution in [2.24, 2.45) is 0 Å². The largest absolute Gasteiger partial charge is 0.355 e. The molecule has 3 heteroatoms. The van der Waals surface area contributed by atoms with Gasteiger partial charge >= 0.3 is 0 Å². The molecule has 0 bridgehead atoms. The van der Waals surface area contributed by atoms with Crippen LogP contribution in [0.1, 0.15) is 26.2 Å². The van der Waals surface area contributed by atoms with Gasteiger partial charge in [-0.25, -0.2) is 0 Å². The molecule has 0 atom stereocenters. The third-order valence-corrected chi connectivity index (χ3v) is 2.68. The average Bonchev–Trinajstić information content (AvgIpc) is 2.03. The van der Waals surface area contributed by atoms with Crippen molar-refractivity contribution in [2.75, 3.05) is 20.8 Å². The van der Waals surface area contributed by atoms with Gasteiger partial charge in [0.25, 0.3) is 0 Å². The monoisotopic (exact) mass is 173 g/mol. The van der Waals surface area contributed by atoms with Gasteiger partial charge in [0.15, 0.2) is 6.29 Å². The van der Waals surface area contributed by atoms with E-state index in [1.807, 2.05) is 0 Å². The first-order chi connectivity index (χ1) is 5.70. The van der Waals surface area contributed by atoms with Gasteiger partial charge in [-0.05, 0) is 26.2 Å². The summed E-state index contributed by atoms with van der Waals surface area (Å²) in [4.78, 5) is 0. The van der Waals surface area contributed by atoms with Crippen molar-refractivity contribution in [2.45, 2.75) is 38.0 Å². The second-order valence-electron chi connectivity index (χ2n) is 3.70. The average molecular weight is 173 g/mol. The lowest BCUT2D eigenvalue weighted by Crippen LogP contribution is -2.51. The minimum absolute atomic E-state index is 0.109. The minimum Gasteiger partial charge on any atom is -0.355 e. The fourth-order valence-electron chi connectivity index (χ4n) is 1.48. The van der Waals surface area contributed by atoms with Crippen LogP contribution in [-0.2, 0) is 9.47 Å². The topological polar surface area (TPSA) is 30.5 Å². The molecule has 0 saturated heterocycles. The van der Waals surface area contributed by atoms with Gasteiger partial charge in [0.2, 0.25) is 0 Å². The van der Waals surface area contributed by atoms with Crippen molar-refractivity contribution in [1.29, 1.82) is 0 Å². The molecular weight excluding hydrogens is 154 g/mol. The molecule has 72 valence electrons. The zero-order valence-corrected chi connectivity index (χ0v) is 8.22. The lowest BCUT2D eigenvalue weighted by molar-refractivity contribution is -0.103. The van der Waals surface area contributed by atoms with Crippen molar-refractivity contribution >= 4 is 0 Å². The third-order valence-electron chi connectivity index (χ3n) is 2.68. The van der Waals surface area contributed by atoms with Crippen molar-refractivity contribution < 1.29 is 9.47 Å². The molecule has 0 aromatic heterocycles. The number of nitrogens with one attached hydrogen (secondary N) is 1. The van der Waals surface area contributed by atoms with Crippen molar-refractivity contribution in [3.63, 3.8) is 0 Å². The molecule has 12 heavy (non-hydrogen) atoms. The summed E-state index contributed by atoms with van der Waals surface area (Å²) in [5, 5.41) is 3.45. The van der Waals surface area contributed by atoms with Gasteiger partial charge in [-0.3, -0.25) is 0 Å². The van der Waals surface area contributed by atoms with Crippen LogP contribution in [0, 0.1) is 0 Å². The van der Waals surface area contributed by atoms with E-state index in [1.54, 1.807) is 14.2 Å². The van der Waals surface area contributed by atoms with E-state index in [1.165, 1.54) is 19.3 Å². The summed E-state index contributed by atoms with van der Waals surface area (Å²) in [6.45, 7) is 3.03. The molecule has 0 amide bonds. The van der Waals surface area contributed by atoms with Gasteiger partial charge in [-0.15, -0.1) is 0 Å². The second kappa shape index (κ2) is 4.21. The van der Waals surface area contributed by atoms with E-state index in [2.05, 4.69) is 12.2 Å². The maximum Gasteiger partial charge on any atom is 0.169 e. The molecule has 1 fully saturated rings. The predicted octanol–water partition coefficient (Wildman–Crippen LogP) is 1.14. The molecule has 1 aliphatic carbocycles. The standard InChI is InChI=1S/C9H19NO2/c1-9(5-4-6-9)10-7-8(11-2)12-3/h8,10H,4-7H2,1-3H3. The zero-order valence-electron chi connectivity index (χ0n) is 8.22. The number of hydrogen-bond donors (Lipinski definition) is 1. The van der Waals surface area contributed by atoms with Gasteiger partial charge in [0, 0.05) is 26.3 Å². The quantitative estimate of drug-likeness (QED) is 0.632. The summed E-state index contributed by atoms with van der Waals surface area (Å²) in [6.07, 6.45) is 3.77. The van der Waals surface area contributed by atoms with Crippen LogP contribution in [0.5, 0.6) is 0 Å². The molecule has 1 N–H and O–H groups in total. The van der Waals surface area contributed by atoms with Crippen LogP contribution in [0.4, 0.5) is 0 Å². The second-order valence-corrected chi connectivity index (χ2v) is 3.70. The lowest BCUT2D eigenvalue weighted by atomic mass is 9.78. The Labute approximate surface area is 74.4 Å². The van der Waals surface area contributed by atoms with E-state index in [9.17, 15) is 0 Å². The molecule has 1 aliphatic rings. The Morgan fingerprint density at radius 1 is 1.33 bits per heavy atom. The highest BCUT2D eigenvalue weighted by Crippen LogP contribution is 2.30. The number of methoxy groups -OCH3 is 2. The van der Waals surface area contributed by atoms with Gasteiger partial charge in [-0.2, -0.15) is 0 Å². The summed E-state index contributed by atoms with van der Waals surface area (Å²) >= 11 is 0. The summed E-state index contributed by atoms with van der Waals surface area (Å²) in [5.41, 5.74) is 0.343. The molecule has 0 aliphatic heterocycles. The van der Waals surface area contributed by atoms with E-state index in [0.717, 1.165) is 6.54 Å². The maximum absolute atomic E-state index is 5.08. The van der Waals surface area contributed by atoms with Crippen molar-refractivity contribution in [3.05, 3.63) is 0 Å². The molecule has 1 saturated carbocycles. The lowest BCUT2D eigenvalue weighted by Gasteiger charge is -2.40. The Hall–Kier alpha value is -0.120. The molecular formula is C9H19NO2. The van der Waals surface area contributed by atoms with Crippen LogP contribution in [0.2, 0.25) is 0 Å². The minimum atomic E-state index is -0.109. The predicted molar refractivity (Wildman–Crippen MR) is 48.1 cm³/mol. The smallest absolute Gasteiger partial charge is 0.169 e. The van der Waals surface area contributed by atoms with Crippen molar-refractivity contribution in [1.82, 2.24) is 5.32 Å². The first-order valence-corrected chi connectivity index (χ1v) is 4.51. The van der Waals surface area contributed by atoms with Crippen LogP contribution in [0.3, 0.4) is 0 Å². The molecule has 0 unspecified atom stereocenters. The van der Waals surface area contributed by atoms with Crippen LogP contribution in [0.25, 0.3) is 0 Å². The van der Waals surface area contributed by atoms with Crippen LogP contribution in [0.15, 0.2) is 0 Å². The first kappa shape index (κ1) is 9.96. The van der Waals surface area contributed by atoms with E-state index in [0.29, 0.717) is 5.54 Å². The molecule has 0 aromatic carbocycles. The Bertz CT molecular complexity index is 130. The van der Waals surface area contributed by atoms with Crippen LogP contribution < -0.4 is 5.32 Å².